The molecule has 0 aliphatic heterocycles. The molecule has 0 radical (unpaired) electrons. The number of carbonyl (C=O) groups excluding carboxylic acids is 1. The minimum absolute atomic E-state index is 0.371. The van der Waals surface area contributed by atoms with Crippen molar-refractivity contribution in [3.63, 3.8) is 0 Å². The van der Waals surface area contributed by atoms with E-state index in [2.05, 4.69) is 78.3 Å². The summed E-state index contributed by atoms with van der Waals surface area (Å²) in [5, 5.41) is 5.88. The second-order valence-corrected chi connectivity index (χ2v) is 10.1. The number of anilines is 1. The normalized spacial score (nSPS) is 13.5. The summed E-state index contributed by atoms with van der Waals surface area (Å²) in [6.07, 6.45) is 6.13. The topological polar surface area (TPSA) is 85.3 Å². The van der Waals surface area contributed by atoms with Gasteiger partial charge >= 0.3 is 0 Å². The van der Waals surface area contributed by atoms with Crippen molar-refractivity contribution in [2.75, 3.05) is 11.9 Å². The Morgan fingerprint density at radius 2 is 1.83 bits per heavy atom. The van der Waals surface area contributed by atoms with E-state index in [-0.39, 0.29) is 5.91 Å². The summed E-state index contributed by atoms with van der Waals surface area (Å²) in [6.45, 7) is 5.15. The fourth-order valence-electron chi connectivity index (χ4n) is 4.79. The molecule has 1 aliphatic rings. The Bertz CT molecular complexity index is 1610. The van der Waals surface area contributed by atoms with E-state index in [1.165, 1.54) is 10.8 Å². The zero-order valence-corrected chi connectivity index (χ0v) is 20.5. The molecule has 2 aromatic heterocycles. The third-order valence-electron chi connectivity index (χ3n) is 6.85. The molecule has 0 atom stereocenters. The number of fused-ring (bicyclic) bond motifs is 2. The summed E-state index contributed by atoms with van der Waals surface area (Å²) < 4.78 is 2.11. The van der Waals surface area contributed by atoms with Crippen LogP contribution in [0.5, 0.6) is 0 Å². The number of imidazole rings is 1. The molecule has 2 heterocycles. The van der Waals surface area contributed by atoms with Gasteiger partial charge in [-0.2, -0.15) is 0 Å². The number of rotatable bonds is 7. The van der Waals surface area contributed by atoms with E-state index in [1.807, 2.05) is 18.3 Å². The van der Waals surface area contributed by atoms with E-state index in [0.29, 0.717) is 17.4 Å². The van der Waals surface area contributed by atoms with Gasteiger partial charge in [0.2, 0.25) is 5.91 Å². The molecule has 6 heteroatoms. The van der Waals surface area contributed by atoms with Gasteiger partial charge in [0.1, 0.15) is 0 Å². The molecule has 1 saturated carbocycles. The van der Waals surface area contributed by atoms with E-state index in [1.54, 1.807) is 0 Å². The summed E-state index contributed by atoms with van der Waals surface area (Å²) in [5.74, 6) is 1.26. The lowest BCUT2D eigenvalue weighted by molar-refractivity contribution is 0.0999. The second-order valence-electron chi connectivity index (χ2n) is 10.1. The minimum Gasteiger partial charge on any atom is -0.367 e. The van der Waals surface area contributed by atoms with Crippen LogP contribution in [-0.2, 0) is 0 Å². The highest BCUT2D eigenvalue weighted by atomic mass is 16.1. The highest BCUT2D eigenvalue weighted by molar-refractivity contribution is 5.95. The average molecular weight is 476 g/mol. The van der Waals surface area contributed by atoms with Crippen LogP contribution in [0.25, 0.3) is 38.9 Å². The Kier molecular flexibility index (Phi) is 5.44. The lowest BCUT2D eigenvalue weighted by Gasteiger charge is -2.14. The highest BCUT2D eigenvalue weighted by Crippen LogP contribution is 2.43. The molecule has 3 N–H and O–H groups in total. The van der Waals surface area contributed by atoms with Crippen LogP contribution in [0.3, 0.4) is 0 Å². The maximum absolute atomic E-state index is 12.0. The molecule has 0 bridgehead atoms. The van der Waals surface area contributed by atoms with Gasteiger partial charge in [0, 0.05) is 29.4 Å². The molecule has 3 aromatic carbocycles. The Hall–Kier alpha value is -4.19. The number of nitrogens with zero attached hydrogens (tertiary/aromatic N) is 3. The fourth-order valence-corrected chi connectivity index (χ4v) is 4.79. The number of carbonyl (C=O) groups is 1. The lowest BCUT2D eigenvalue weighted by atomic mass is 9.98. The number of amides is 1. The first-order chi connectivity index (χ1) is 17.5. The maximum Gasteiger partial charge on any atom is 0.248 e. The Morgan fingerprint density at radius 1 is 1.06 bits per heavy atom. The van der Waals surface area contributed by atoms with Gasteiger partial charge in [-0.25, -0.2) is 9.97 Å². The molecule has 0 spiro atoms. The summed E-state index contributed by atoms with van der Waals surface area (Å²) in [4.78, 5) is 21.8. The van der Waals surface area contributed by atoms with Crippen molar-refractivity contribution in [1.29, 1.82) is 0 Å². The smallest absolute Gasteiger partial charge is 0.248 e. The highest BCUT2D eigenvalue weighted by Gasteiger charge is 2.28. The van der Waals surface area contributed by atoms with Gasteiger partial charge in [-0.05, 0) is 59.2 Å². The van der Waals surface area contributed by atoms with Crippen molar-refractivity contribution in [2.24, 2.45) is 11.7 Å². The van der Waals surface area contributed by atoms with E-state index >= 15 is 0 Å². The molecule has 36 heavy (non-hydrogen) atoms. The minimum atomic E-state index is -0.371. The lowest BCUT2D eigenvalue weighted by Crippen LogP contribution is -2.13. The molecule has 5 aromatic rings. The number of primary amides is 1. The zero-order chi connectivity index (χ0) is 24.8. The number of hydrogen-bond donors (Lipinski definition) is 2. The summed E-state index contributed by atoms with van der Waals surface area (Å²) in [7, 11) is 0. The number of aromatic nitrogens is 3. The first kappa shape index (κ1) is 22.3. The Labute approximate surface area is 210 Å². The Morgan fingerprint density at radius 3 is 2.58 bits per heavy atom. The molecule has 1 aliphatic carbocycles. The van der Waals surface area contributed by atoms with Gasteiger partial charge in [-0.15, -0.1) is 0 Å². The molecule has 180 valence electrons. The first-order valence-electron chi connectivity index (χ1n) is 12.5. The van der Waals surface area contributed by atoms with Gasteiger partial charge in [-0.3, -0.25) is 9.20 Å². The van der Waals surface area contributed by atoms with Gasteiger partial charge in [-0.1, -0.05) is 56.3 Å². The van der Waals surface area contributed by atoms with Crippen molar-refractivity contribution < 1.29 is 4.79 Å². The number of benzene rings is 3. The third-order valence-corrected chi connectivity index (χ3v) is 6.85. The molecular formula is C30H29N5O. The van der Waals surface area contributed by atoms with E-state index in [4.69, 9.17) is 15.7 Å². The van der Waals surface area contributed by atoms with E-state index in [0.717, 1.165) is 58.9 Å². The van der Waals surface area contributed by atoms with Crippen molar-refractivity contribution in [1.82, 2.24) is 14.4 Å². The quantitative estimate of drug-likeness (QED) is 0.291. The molecule has 6 nitrogen and oxygen atoms in total. The summed E-state index contributed by atoms with van der Waals surface area (Å²) >= 11 is 0. The fraction of sp³-hybridized carbons (Fsp3) is 0.233. The van der Waals surface area contributed by atoms with Crippen LogP contribution in [0.15, 0.2) is 73.1 Å². The van der Waals surface area contributed by atoms with Crippen LogP contribution in [0.2, 0.25) is 0 Å². The van der Waals surface area contributed by atoms with Gasteiger partial charge < -0.3 is 11.1 Å². The predicted molar refractivity (Wildman–Crippen MR) is 145 cm³/mol. The standard InChI is InChI=1S/C30H29N5O/c1-18(2)15-32-29-30-33-16-27(23-11-12-24(28(31)36)25(14-23)20-8-9-20)35(30)17-26(34-29)22-10-7-19-5-3-4-6-21(19)13-22/h3-7,10-14,16-18,20H,8-9,15H2,1-2H3,(H2,31,36)(H,32,34). The van der Waals surface area contributed by atoms with Crippen molar-refractivity contribution in [2.45, 2.75) is 32.6 Å². The molecule has 0 saturated heterocycles. The van der Waals surface area contributed by atoms with Gasteiger partial charge in [0.15, 0.2) is 11.5 Å². The van der Waals surface area contributed by atoms with Crippen LogP contribution in [0.1, 0.15) is 48.5 Å². The average Bonchev–Trinajstić information content (AvgIpc) is 3.65. The monoisotopic (exact) mass is 475 g/mol. The largest absolute Gasteiger partial charge is 0.367 e. The zero-order valence-electron chi connectivity index (χ0n) is 20.5. The first-order valence-corrected chi connectivity index (χ1v) is 12.5. The molecule has 1 fully saturated rings. The third kappa shape index (κ3) is 4.09. The van der Waals surface area contributed by atoms with Gasteiger partial charge in [0.25, 0.3) is 0 Å². The number of hydrogen-bond acceptors (Lipinski definition) is 4. The van der Waals surface area contributed by atoms with Gasteiger partial charge in [0.05, 0.1) is 17.6 Å². The number of nitrogens with two attached hydrogens (primary N) is 1. The predicted octanol–water partition coefficient (Wildman–Crippen LogP) is 6.26. The van der Waals surface area contributed by atoms with Crippen LogP contribution < -0.4 is 11.1 Å². The van der Waals surface area contributed by atoms with Crippen molar-refractivity contribution in [3.8, 4) is 22.5 Å². The van der Waals surface area contributed by atoms with Crippen LogP contribution in [0.4, 0.5) is 5.82 Å². The maximum atomic E-state index is 12.0. The van der Waals surface area contributed by atoms with E-state index in [9.17, 15) is 4.79 Å². The summed E-state index contributed by atoms with van der Waals surface area (Å²) in [6, 6.07) is 20.7. The van der Waals surface area contributed by atoms with Crippen molar-refractivity contribution in [3.05, 3.63) is 84.2 Å². The van der Waals surface area contributed by atoms with E-state index < -0.39 is 0 Å². The SMILES string of the molecule is CC(C)CNc1nc(-c2ccc3ccccc3c2)cn2c(-c3ccc(C(N)=O)c(C4CC4)c3)cnc12. The van der Waals surface area contributed by atoms with Crippen molar-refractivity contribution >= 4 is 28.1 Å². The molecule has 0 unspecified atom stereocenters. The summed E-state index contributed by atoms with van der Waals surface area (Å²) in [5.41, 5.74) is 12.0. The van der Waals surface area contributed by atoms with Crippen LogP contribution >= 0.6 is 0 Å². The Balaban J connectivity index is 1.52. The molecular weight excluding hydrogens is 446 g/mol. The molecule has 6 rings (SSSR count). The number of nitrogens with one attached hydrogen (secondary N) is 1. The van der Waals surface area contributed by atoms with Crippen LogP contribution in [-0.4, -0.2) is 26.8 Å². The molecule has 1 amide bonds. The van der Waals surface area contributed by atoms with Crippen LogP contribution in [0, 0.1) is 5.92 Å². The second kappa shape index (κ2) is 8.79.